The van der Waals surface area contributed by atoms with Crippen LogP contribution >= 0.6 is 23.2 Å². The molecule has 100 valence electrons. The normalized spacial score (nSPS) is 10.6. The standard InChI is InChI=1S/C11H3Cl2F4NO/c12-4-2-1-3-5(6(4)13)19-9-7(14)10(16)18-11(17)8(9)15/h1-3H. The van der Waals surface area contributed by atoms with E-state index in [9.17, 15) is 17.6 Å². The highest BCUT2D eigenvalue weighted by atomic mass is 35.5. The van der Waals surface area contributed by atoms with E-state index >= 15 is 0 Å². The molecule has 2 nitrogen and oxygen atoms in total. The summed E-state index contributed by atoms with van der Waals surface area (Å²) in [5.41, 5.74) is 0. The maximum Gasteiger partial charge on any atom is 0.255 e. The zero-order valence-electron chi connectivity index (χ0n) is 8.86. The van der Waals surface area contributed by atoms with Crippen LogP contribution in [0.4, 0.5) is 17.6 Å². The van der Waals surface area contributed by atoms with Crippen LogP contribution in [0.3, 0.4) is 0 Å². The van der Waals surface area contributed by atoms with Gasteiger partial charge in [0.05, 0.1) is 5.02 Å². The molecule has 0 fully saturated rings. The molecule has 0 spiro atoms. The third-order valence-corrected chi connectivity index (χ3v) is 2.89. The van der Waals surface area contributed by atoms with E-state index in [0.29, 0.717) is 0 Å². The summed E-state index contributed by atoms with van der Waals surface area (Å²) in [5.74, 6) is -8.73. The molecule has 0 aliphatic carbocycles. The first kappa shape index (κ1) is 13.9. The molecule has 8 heteroatoms. The van der Waals surface area contributed by atoms with Crippen LogP contribution in [0, 0.1) is 23.5 Å². The molecule has 0 atom stereocenters. The lowest BCUT2D eigenvalue weighted by molar-refractivity contribution is 0.343. The minimum Gasteiger partial charge on any atom is -0.449 e. The summed E-state index contributed by atoms with van der Waals surface area (Å²) < 4.78 is 57.1. The molecular weight excluding hydrogens is 309 g/mol. The molecule has 19 heavy (non-hydrogen) atoms. The molecule has 0 N–H and O–H groups in total. The Morgan fingerprint density at radius 3 is 2.11 bits per heavy atom. The van der Waals surface area contributed by atoms with Crippen molar-refractivity contribution in [1.29, 1.82) is 0 Å². The number of benzene rings is 1. The summed E-state index contributed by atoms with van der Waals surface area (Å²) in [6.45, 7) is 0. The summed E-state index contributed by atoms with van der Waals surface area (Å²) in [6.07, 6.45) is 0. The molecule has 2 aromatic rings. The summed E-state index contributed by atoms with van der Waals surface area (Å²) in [7, 11) is 0. The highest BCUT2D eigenvalue weighted by Crippen LogP contribution is 2.36. The van der Waals surface area contributed by atoms with Crippen LogP contribution in [0.25, 0.3) is 0 Å². The number of rotatable bonds is 2. The van der Waals surface area contributed by atoms with E-state index in [1.165, 1.54) is 18.2 Å². The summed E-state index contributed by atoms with van der Waals surface area (Å²) in [6, 6.07) is 4.01. The van der Waals surface area contributed by atoms with Gasteiger partial charge in [-0.1, -0.05) is 29.3 Å². The zero-order chi connectivity index (χ0) is 14.2. The minimum atomic E-state index is -1.83. The van der Waals surface area contributed by atoms with Crippen LogP contribution in [-0.4, -0.2) is 4.98 Å². The maximum atomic E-state index is 13.3. The number of aromatic nitrogens is 1. The van der Waals surface area contributed by atoms with Gasteiger partial charge in [-0.2, -0.15) is 22.5 Å². The minimum absolute atomic E-state index is 0.0509. The fourth-order valence-corrected chi connectivity index (χ4v) is 1.56. The van der Waals surface area contributed by atoms with Crippen molar-refractivity contribution in [2.45, 2.75) is 0 Å². The van der Waals surface area contributed by atoms with Crippen molar-refractivity contribution in [2.75, 3.05) is 0 Å². The van der Waals surface area contributed by atoms with Gasteiger partial charge in [-0.15, -0.1) is 0 Å². The predicted octanol–water partition coefficient (Wildman–Crippen LogP) is 4.74. The predicted molar refractivity (Wildman–Crippen MR) is 60.6 cm³/mol. The Kier molecular flexibility index (Phi) is 3.82. The topological polar surface area (TPSA) is 22.1 Å². The average Bonchev–Trinajstić information content (AvgIpc) is 2.37. The lowest BCUT2D eigenvalue weighted by atomic mass is 10.3. The fourth-order valence-electron chi connectivity index (χ4n) is 1.23. The van der Waals surface area contributed by atoms with Crippen molar-refractivity contribution in [2.24, 2.45) is 0 Å². The Balaban J connectivity index is 2.52. The van der Waals surface area contributed by atoms with Crippen molar-refractivity contribution >= 4 is 23.2 Å². The molecule has 0 aliphatic heterocycles. The first-order valence-electron chi connectivity index (χ1n) is 4.73. The summed E-state index contributed by atoms with van der Waals surface area (Å²) >= 11 is 11.4. The van der Waals surface area contributed by atoms with Crippen molar-refractivity contribution < 1.29 is 22.3 Å². The first-order chi connectivity index (χ1) is 8.91. The van der Waals surface area contributed by atoms with Crippen LogP contribution in [0.5, 0.6) is 11.5 Å². The van der Waals surface area contributed by atoms with Crippen molar-refractivity contribution in [1.82, 2.24) is 4.98 Å². The highest BCUT2D eigenvalue weighted by molar-refractivity contribution is 6.42. The van der Waals surface area contributed by atoms with Crippen LogP contribution < -0.4 is 4.74 Å². The smallest absolute Gasteiger partial charge is 0.255 e. The molecule has 0 unspecified atom stereocenters. The second-order valence-electron chi connectivity index (χ2n) is 3.30. The molecule has 0 saturated heterocycles. The number of ether oxygens (including phenoxy) is 1. The van der Waals surface area contributed by atoms with Gasteiger partial charge >= 0.3 is 0 Å². The molecule has 1 heterocycles. The van der Waals surface area contributed by atoms with Gasteiger partial charge in [0.25, 0.3) is 11.9 Å². The number of pyridine rings is 1. The van der Waals surface area contributed by atoms with Gasteiger partial charge < -0.3 is 4.74 Å². The molecule has 2 rings (SSSR count). The molecule has 1 aromatic carbocycles. The van der Waals surface area contributed by atoms with Gasteiger partial charge in [0.15, 0.2) is 0 Å². The van der Waals surface area contributed by atoms with Crippen molar-refractivity contribution in [3.05, 3.63) is 51.8 Å². The van der Waals surface area contributed by atoms with Gasteiger partial charge in [0, 0.05) is 0 Å². The van der Waals surface area contributed by atoms with E-state index in [1.807, 2.05) is 0 Å². The van der Waals surface area contributed by atoms with Crippen LogP contribution in [-0.2, 0) is 0 Å². The molecule has 0 aliphatic rings. The van der Waals surface area contributed by atoms with Crippen molar-refractivity contribution in [3.63, 3.8) is 0 Å². The Morgan fingerprint density at radius 1 is 0.947 bits per heavy atom. The number of hydrogen-bond donors (Lipinski definition) is 0. The second kappa shape index (κ2) is 5.22. The first-order valence-corrected chi connectivity index (χ1v) is 5.49. The lowest BCUT2D eigenvalue weighted by Crippen LogP contribution is -2.03. The van der Waals surface area contributed by atoms with E-state index < -0.39 is 29.3 Å². The Labute approximate surface area is 114 Å². The number of halogens is 6. The summed E-state index contributed by atoms with van der Waals surface area (Å²) in [4.78, 5) is 2.39. The fraction of sp³-hybridized carbons (Fsp3) is 0. The van der Waals surface area contributed by atoms with E-state index in [-0.39, 0.29) is 15.8 Å². The molecule has 0 bridgehead atoms. The number of nitrogens with zero attached hydrogens (tertiary/aromatic N) is 1. The monoisotopic (exact) mass is 311 g/mol. The molecular formula is C11H3Cl2F4NO. The van der Waals surface area contributed by atoms with E-state index in [1.54, 1.807) is 0 Å². The lowest BCUT2D eigenvalue weighted by Gasteiger charge is -2.10. The average molecular weight is 312 g/mol. The number of hydrogen-bond acceptors (Lipinski definition) is 2. The second-order valence-corrected chi connectivity index (χ2v) is 4.09. The third-order valence-electron chi connectivity index (χ3n) is 2.09. The van der Waals surface area contributed by atoms with Gasteiger partial charge in [0.1, 0.15) is 10.8 Å². The zero-order valence-corrected chi connectivity index (χ0v) is 10.4. The highest BCUT2D eigenvalue weighted by Gasteiger charge is 2.23. The van der Waals surface area contributed by atoms with Crippen LogP contribution in [0.15, 0.2) is 18.2 Å². The Morgan fingerprint density at radius 2 is 1.53 bits per heavy atom. The molecule has 0 amide bonds. The largest absolute Gasteiger partial charge is 0.449 e. The molecule has 1 aromatic heterocycles. The Hall–Kier alpha value is -1.53. The molecule has 0 radical (unpaired) electrons. The molecule has 0 saturated carbocycles. The SMILES string of the molecule is Fc1nc(F)c(F)c(Oc2cccc(Cl)c2Cl)c1F. The Bertz CT molecular complexity index is 625. The summed E-state index contributed by atoms with van der Waals surface area (Å²) in [5, 5.41) is -0.101. The van der Waals surface area contributed by atoms with Crippen molar-refractivity contribution in [3.8, 4) is 11.5 Å². The van der Waals surface area contributed by atoms with Gasteiger partial charge in [-0.05, 0) is 12.1 Å². The van der Waals surface area contributed by atoms with E-state index in [0.717, 1.165) is 0 Å². The van der Waals surface area contributed by atoms with Crippen LogP contribution in [0.1, 0.15) is 0 Å². The van der Waals surface area contributed by atoms with E-state index in [2.05, 4.69) is 4.98 Å². The third kappa shape index (κ3) is 2.59. The quantitative estimate of drug-likeness (QED) is 0.590. The maximum absolute atomic E-state index is 13.3. The van der Waals surface area contributed by atoms with Gasteiger partial charge in [-0.3, -0.25) is 0 Å². The van der Waals surface area contributed by atoms with Gasteiger partial charge in [0.2, 0.25) is 17.4 Å². The van der Waals surface area contributed by atoms with E-state index in [4.69, 9.17) is 27.9 Å². The van der Waals surface area contributed by atoms with Gasteiger partial charge in [-0.25, -0.2) is 0 Å². The van der Waals surface area contributed by atoms with Crippen LogP contribution in [0.2, 0.25) is 10.0 Å².